The number of fused-ring (bicyclic) bond motifs is 3. The van der Waals surface area contributed by atoms with Crippen molar-refractivity contribution in [3.05, 3.63) is 241 Å². The maximum atomic E-state index is 9.86. The maximum Gasteiger partial charge on any atom is 0.179 e. The van der Waals surface area contributed by atoms with E-state index in [0.717, 1.165) is 5.56 Å². The van der Waals surface area contributed by atoms with Gasteiger partial charge < -0.3 is 4.57 Å². The Morgan fingerprint density at radius 1 is 0.403 bits per heavy atom. The van der Waals surface area contributed by atoms with E-state index in [4.69, 9.17) is 21.9 Å². The lowest BCUT2D eigenvalue weighted by Crippen LogP contribution is -2.75. The third-order valence-corrected chi connectivity index (χ3v) is 19.6. The highest BCUT2D eigenvalue weighted by Crippen LogP contribution is 2.33. The lowest BCUT2D eigenvalue weighted by atomic mass is 9.87. The van der Waals surface area contributed by atoms with Crippen LogP contribution in [0.3, 0.4) is 0 Å². The summed E-state index contributed by atoms with van der Waals surface area (Å²) in [7, 11) is -8.32. The summed E-state index contributed by atoms with van der Waals surface area (Å²) in [4.78, 5) is 0. The van der Waals surface area contributed by atoms with Crippen molar-refractivity contribution in [1.82, 2.24) is 4.57 Å². The first-order valence-electron chi connectivity index (χ1n) is 33.7. The summed E-state index contributed by atoms with van der Waals surface area (Å²) < 4.78 is 271. The van der Waals surface area contributed by atoms with Crippen molar-refractivity contribution in [2.75, 3.05) is 0 Å². The highest BCUT2D eigenvalue weighted by molar-refractivity contribution is 7.20. The van der Waals surface area contributed by atoms with Gasteiger partial charge in [0.15, 0.2) is 16.1 Å². The first kappa shape index (κ1) is 18.8. The molecule has 0 fully saturated rings. The standard InChI is InChI=1S/C58H48NSi3/c1-58(2,3)43-32-34-44(35-33-43)59-56-38-36-52(61(46-21-9-4-10-22-46,47-23-11-5-12-24-47)48-25-13-6-14-26-48)41-54(56)55-42-53(37-39-57(55)59)62(49-27-15-7-16-28-49,50-29-17-8-18-30-50)51-31-19-20-45(60)40-51/h4-42H,1-3H3/i4D,5D,6D,7D,8D,9D,10D,11D,12D,13D,14D,15D,16D,17D,18D,19D,20D,21D,22D,23D,24D,25D,26D,27D,28D,29D,30D,31D,40D. The molecule has 3 radical (unpaired) electrons. The zero-order valence-corrected chi connectivity index (χ0v) is 36.2. The van der Waals surface area contributed by atoms with E-state index in [1.54, 1.807) is 16.7 Å². The van der Waals surface area contributed by atoms with E-state index >= 15 is 0 Å². The van der Waals surface area contributed by atoms with Crippen molar-refractivity contribution in [3.63, 3.8) is 0 Å². The second kappa shape index (κ2) is 16.0. The smallest absolute Gasteiger partial charge is 0.179 e. The van der Waals surface area contributed by atoms with Crippen molar-refractivity contribution in [2.45, 2.75) is 26.2 Å². The van der Waals surface area contributed by atoms with E-state index in [2.05, 4.69) is 10.2 Å². The molecule has 297 valence electrons. The van der Waals surface area contributed by atoms with Crippen LogP contribution in [0, 0.1) is 0 Å². The molecular formula is C58H48NSi3. The highest BCUT2D eigenvalue weighted by Gasteiger charge is 2.43. The third kappa shape index (κ3) is 6.58. The summed E-state index contributed by atoms with van der Waals surface area (Å²) in [6.45, 7) is 5.94. The third-order valence-electron chi connectivity index (χ3n) is 11.0. The Kier molecular flexibility index (Phi) is 4.87. The van der Waals surface area contributed by atoms with E-state index in [1.807, 2.05) is 32.9 Å². The molecule has 0 spiro atoms. The molecule has 1 nitrogen and oxygen atoms in total. The molecule has 10 rings (SSSR count). The van der Waals surface area contributed by atoms with Crippen LogP contribution in [0.5, 0.6) is 0 Å². The Labute approximate surface area is 412 Å². The average molecular weight is 872 g/mol. The van der Waals surface area contributed by atoms with Crippen molar-refractivity contribution in [1.29, 1.82) is 0 Å². The number of benzene rings is 9. The van der Waals surface area contributed by atoms with Crippen molar-refractivity contribution >= 4 is 94.9 Å². The highest BCUT2D eigenvalue weighted by atomic mass is 28.3. The van der Waals surface area contributed by atoms with Gasteiger partial charge in [-0.1, -0.05) is 238 Å². The van der Waals surface area contributed by atoms with E-state index in [-0.39, 0.29) is 32.2 Å². The lowest BCUT2D eigenvalue weighted by molar-refractivity contribution is 0.590. The molecule has 0 aliphatic rings. The molecule has 0 aliphatic heterocycles. The topological polar surface area (TPSA) is 4.93 Å². The minimum atomic E-state index is -5.84. The van der Waals surface area contributed by atoms with Gasteiger partial charge in [0, 0.05) is 16.5 Å². The molecule has 4 heteroatoms. The number of rotatable bonds is 9. The zero-order chi connectivity index (χ0) is 67.6. The largest absolute Gasteiger partial charge is 0.309 e. The molecular weight excluding hydrogens is 795 g/mol. The minimum Gasteiger partial charge on any atom is -0.309 e. The van der Waals surface area contributed by atoms with E-state index in [0.29, 0.717) is 5.69 Å². The quantitative estimate of drug-likeness (QED) is 0.104. The Balaban J connectivity index is 1.57. The molecule has 62 heavy (non-hydrogen) atoms. The van der Waals surface area contributed by atoms with Crippen LogP contribution < -0.4 is 46.7 Å². The summed E-state index contributed by atoms with van der Waals surface area (Å²) in [5.41, 5.74) is 1.30. The molecule has 10 aromatic rings. The van der Waals surface area contributed by atoms with Gasteiger partial charge >= 0.3 is 0 Å². The fourth-order valence-corrected chi connectivity index (χ4v) is 16.2. The van der Waals surface area contributed by atoms with Gasteiger partial charge in [-0.3, -0.25) is 0 Å². The molecule has 0 atom stereocenters. The van der Waals surface area contributed by atoms with E-state index in [1.165, 1.54) is 36.4 Å². The van der Waals surface area contributed by atoms with Gasteiger partial charge in [-0.15, -0.1) is 0 Å². The molecule has 0 bridgehead atoms. The summed E-state index contributed by atoms with van der Waals surface area (Å²) >= 11 is 0. The number of hydrogen-bond acceptors (Lipinski definition) is 0. The van der Waals surface area contributed by atoms with Crippen LogP contribution in [0.15, 0.2) is 236 Å². The number of aromatic nitrogens is 1. The van der Waals surface area contributed by atoms with Crippen molar-refractivity contribution < 1.29 is 39.8 Å². The fraction of sp³-hybridized carbons (Fsp3) is 0.0690. The SMILES string of the molecule is [2H]c1c([2H])c([2H])c([Si](c2ccc3c(c2)c2cc([Si](c4c([2H])c([2H])c([2H])c([2H])c4[2H])(c4c([2H])c([2H])c([2H])c([2H])c4[2H])c4c([2H])c([2H])c([2H])c([Si])c4[2H])ccc2n3-c2ccc(C(C)(C)C)cc2)(c2c([2H])c([2H])c([2H])c([2H])c2[2H])c2c([2H])c([2H])c([2H])c([2H])c2[2H])c([2H])c1[2H]. The van der Waals surface area contributed by atoms with E-state index in [9.17, 15) is 17.8 Å². The van der Waals surface area contributed by atoms with Crippen molar-refractivity contribution in [2.24, 2.45) is 0 Å². The van der Waals surface area contributed by atoms with Crippen molar-refractivity contribution in [3.8, 4) is 5.69 Å². The second-order valence-electron chi connectivity index (χ2n) is 15.3. The van der Waals surface area contributed by atoms with Crippen LogP contribution >= 0.6 is 0 Å². The van der Waals surface area contributed by atoms with Gasteiger partial charge in [-0.2, -0.15) is 0 Å². The number of nitrogens with zero attached hydrogens (tertiary/aromatic N) is 1. The normalized spacial score (nSPS) is 18.7. The van der Waals surface area contributed by atoms with Gasteiger partial charge in [0.1, 0.15) is 0 Å². The van der Waals surface area contributed by atoms with Gasteiger partial charge in [0.05, 0.1) is 61.0 Å². The Hall–Kier alpha value is -6.57. The molecule has 0 amide bonds. The predicted octanol–water partition coefficient (Wildman–Crippen LogP) is 7.63. The molecule has 0 unspecified atom stereocenters. The van der Waals surface area contributed by atoms with Crippen LogP contribution in [0.4, 0.5) is 0 Å². The second-order valence-corrected chi connectivity index (χ2v) is 23.0. The summed E-state index contributed by atoms with van der Waals surface area (Å²) in [5.74, 6) is 0. The Morgan fingerprint density at radius 3 is 1.13 bits per heavy atom. The van der Waals surface area contributed by atoms with Gasteiger partial charge in [-0.05, 0) is 76.7 Å². The first-order chi connectivity index (χ1) is 42.3. The lowest BCUT2D eigenvalue weighted by Gasteiger charge is -2.35. The van der Waals surface area contributed by atoms with Crippen LogP contribution in [0.2, 0.25) is 0 Å². The Morgan fingerprint density at radius 2 is 0.758 bits per heavy atom. The molecule has 9 aromatic carbocycles. The molecule has 0 aliphatic carbocycles. The average Bonchev–Trinajstić information content (AvgIpc) is 1.32. The van der Waals surface area contributed by atoms with Gasteiger partial charge in [0.25, 0.3) is 0 Å². The first-order valence-corrected chi connectivity index (χ1v) is 23.7. The van der Waals surface area contributed by atoms with Gasteiger partial charge in [0.2, 0.25) is 0 Å². The predicted molar refractivity (Wildman–Crippen MR) is 272 cm³/mol. The zero-order valence-electron chi connectivity index (χ0n) is 62.2. The van der Waals surface area contributed by atoms with Crippen LogP contribution in [-0.2, 0) is 5.41 Å². The number of hydrogen-bond donors (Lipinski definition) is 0. The molecule has 0 N–H and O–H groups in total. The summed E-state index contributed by atoms with van der Waals surface area (Å²) in [6.07, 6.45) is 0. The molecule has 0 saturated heterocycles. The molecule has 0 saturated carbocycles. The summed E-state index contributed by atoms with van der Waals surface area (Å²) in [6, 6.07) is -12.9. The molecule has 1 heterocycles. The van der Waals surface area contributed by atoms with Crippen LogP contribution in [-0.4, -0.2) is 31.0 Å². The molecule has 1 aromatic heterocycles. The van der Waals surface area contributed by atoms with Gasteiger partial charge in [-0.25, -0.2) is 0 Å². The monoisotopic (exact) mass is 871 g/mol. The maximum absolute atomic E-state index is 9.86. The minimum absolute atomic E-state index is 0.00296. The summed E-state index contributed by atoms with van der Waals surface area (Å²) in [5, 5.41) is -5.66. The van der Waals surface area contributed by atoms with Crippen LogP contribution in [0.25, 0.3) is 27.5 Å². The Bertz CT molecular complexity index is 4100. The fourth-order valence-electron chi connectivity index (χ4n) is 8.21. The van der Waals surface area contributed by atoms with Crippen LogP contribution in [0.1, 0.15) is 66.1 Å². The van der Waals surface area contributed by atoms with E-state index < -0.39 is 233 Å².